The van der Waals surface area contributed by atoms with Crippen LogP contribution in [0.3, 0.4) is 0 Å². The Morgan fingerprint density at radius 2 is 2.33 bits per heavy atom. The summed E-state index contributed by atoms with van der Waals surface area (Å²) in [5, 5.41) is 0. The molecule has 1 rings (SSSR count). The SMILES string of the molecule is Cl.NCc1nsc(Cl)n1. The number of aromatic nitrogens is 2. The molecular weight excluding hydrogens is 181 g/mol. The van der Waals surface area contributed by atoms with Crippen LogP contribution in [-0.2, 0) is 6.54 Å². The molecule has 1 aromatic heterocycles. The first-order valence-electron chi connectivity index (χ1n) is 2.01. The summed E-state index contributed by atoms with van der Waals surface area (Å²) in [4.78, 5) is 3.78. The second-order valence-electron chi connectivity index (χ2n) is 1.17. The van der Waals surface area contributed by atoms with Crippen LogP contribution in [0.4, 0.5) is 0 Å². The van der Waals surface area contributed by atoms with Gasteiger partial charge in [-0.15, -0.1) is 12.4 Å². The Morgan fingerprint density at radius 3 is 2.56 bits per heavy atom. The first-order chi connectivity index (χ1) is 3.83. The van der Waals surface area contributed by atoms with Gasteiger partial charge in [-0.2, -0.15) is 4.37 Å². The van der Waals surface area contributed by atoms with E-state index >= 15 is 0 Å². The standard InChI is InChI=1S/C3H4ClN3S.ClH/c4-3-6-2(1-5)7-8-3;/h1,5H2;1H. The third-order valence-corrected chi connectivity index (χ3v) is 1.46. The molecule has 0 amide bonds. The van der Waals surface area contributed by atoms with E-state index in [0.29, 0.717) is 16.8 Å². The van der Waals surface area contributed by atoms with Crippen molar-refractivity contribution in [1.82, 2.24) is 9.36 Å². The van der Waals surface area contributed by atoms with Crippen LogP contribution in [0.15, 0.2) is 0 Å². The summed E-state index contributed by atoms with van der Waals surface area (Å²) < 4.78 is 4.26. The zero-order valence-electron chi connectivity index (χ0n) is 4.37. The minimum absolute atomic E-state index is 0. The van der Waals surface area contributed by atoms with E-state index in [1.807, 2.05) is 0 Å². The van der Waals surface area contributed by atoms with E-state index in [4.69, 9.17) is 17.3 Å². The van der Waals surface area contributed by atoms with E-state index in [1.165, 1.54) is 0 Å². The van der Waals surface area contributed by atoms with Crippen LogP contribution in [0.5, 0.6) is 0 Å². The predicted octanol–water partition coefficient (Wildman–Crippen LogP) is 1.07. The molecule has 9 heavy (non-hydrogen) atoms. The summed E-state index contributed by atoms with van der Waals surface area (Å²) in [5.74, 6) is 0.611. The molecule has 6 heteroatoms. The molecule has 0 aliphatic rings. The lowest BCUT2D eigenvalue weighted by atomic mass is 10.6. The lowest BCUT2D eigenvalue weighted by Gasteiger charge is -1.77. The van der Waals surface area contributed by atoms with Gasteiger partial charge in [0, 0.05) is 0 Å². The molecule has 0 saturated heterocycles. The second kappa shape index (κ2) is 4.00. The van der Waals surface area contributed by atoms with Crippen molar-refractivity contribution in [3.05, 3.63) is 10.3 Å². The van der Waals surface area contributed by atoms with Crippen LogP contribution >= 0.6 is 35.5 Å². The fraction of sp³-hybridized carbons (Fsp3) is 0.333. The third kappa shape index (κ3) is 2.45. The molecule has 0 fully saturated rings. The van der Waals surface area contributed by atoms with Gasteiger partial charge in [0.05, 0.1) is 6.54 Å². The summed E-state index contributed by atoms with van der Waals surface area (Å²) in [6.45, 7) is 0.364. The summed E-state index contributed by atoms with van der Waals surface area (Å²) in [7, 11) is 0. The number of rotatable bonds is 1. The molecule has 0 radical (unpaired) electrons. The van der Waals surface area contributed by atoms with Gasteiger partial charge in [-0.3, -0.25) is 0 Å². The summed E-state index contributed by atoms with van der Waals surface area (Å²) in [6.07, 6.45) is 0. The largest absolute Gasteiger partial charge is 0.324 e. The third-order valence-electron chi connectivity index (χ3n) is 0.626. The molecule has 0 aliphatic heterocycles. The average molecular weight is 186 g/mol. The minimum atomic E-state index is 0. The number of hydrogen-bond donors (Lipinski definition) is 1. The molecule has 1 heterocycles. The molecular formula is C3H5Cl2N3S. The van der Waals surface area contributed by atoms with Crippen LogP contribution in [0.1, 0.15) is 5.82 Å². The molecule has 1 aromatic rings. The van der Waals surface area contributed by atoms with Gasteiger partial charge >= 0.3 is 0 Å². The summed E-state index contributed by atoms with van der Waals surface area (Å²) in [6, 6.07) is 0. The highest BCUT2D eigenvalue weighted by molar-refractivity contribution is 7.10. The average Bonchev–Trinajstić information content (AvgIpc) is 2.14. The lowest BCUT2D eigenvalue weighted by Crippen LogP contribution is -1.97. The fourth-order valence-corrected chi connectivity index (χ4v) is 0.959. The maximum Gasteiger partial charge on any atom is 0.203 e. The molecule has 3 nitrogen and oxygen atoms in total. The fourth-order valence-electron chi connectivity index (χ4n) is 0.316. The first kappa shape index (κ1) is 9.10. The van der Waals surface area contributed by atoms with Gasteiger partial charge in [-0.05, 0) is 23.1 Å². The van der Waals surface area contributed by atoms with Crippen LogP contribution in [0.2, 0.25) is 4.47 Å². The zero-order valence-corrected chi connectivity index (χ0v) is 6.76. The molecule has 0 saturated carbocycles. The maximum absolute atomic E-state index is 5.43. The van der Waals surface area contributed by atoms with E-state index in [1.54, 1.807) is 0 Å². The maximum atomic E-state index is 5.43. The molecule has 0 bridgehead atoms. The van der Waals surface area contributed by atoms with Gasteiger partial charge in [0.1, 0.15) is 0 Å². The summed E-state index contributed by atoms with van der Waals surface area (Å²) in [5.41, 5.74) is 5.19. The van der Waals surface area contributed by atoms with Crippen molar-refractivity contribution >= 4 is 35.5 Å². The second-order valence-corrected chi connectivity index (χ2v) is 2.50. The number of nitrogens with zero attached hydrogens (tertiary/aromatic N) is 2. The Labute approximate surface area is 67.8 Å². The first-order valence-corrected chi connectivity index (χ1v) is 3.16. The number of hydrogen-bond acceptors (Lipinski definition) is 4. The highest BCUT2D eigenvalue weighted by Gasteiger charge is 1.95. The molecule has 0 aromatic carbocycles. The van der Waals surface area contributed by atoms with Crippen molar-refractivity contribution in [1.29, 1.82) is 0 Å². The topological polar surface area (TPSA) is 51.8 Å². The minimum Gasteiger partial charge on any atom is -0.324 e. The monoisotopic (exact) mass is 185 g/mol. The van der Waals surface area contributed by atoms with Gasteiger partial charge < -0.3 is 5.73 Å². The van der Waals surface area contributed by atoms with Crippen molar-refractivity contribution in [3.63, 3.8) is 0 Å². The highest BCUT2D eigenvalue weighted by atomic mass is 35.5. The van der Waals surface area contributed by atoms with Gasteiger partial charge in [-0.1, -0.05) is 0 Å². The van der Waals surface area contributed by atoms with E-state index in [2.05, 4.69) is 9.36 Å². The van der Waals surface area contributed by atoms with Crippen molar-refractivity contribution in [2.75, 3.05) is 0 Å². The lowest BCUT2D eigenvalue weighted by molar-refractivity contribution is 0.958. The highest BCUT2D eigenvalue weighted by Crippen LogP contribution is 2.09. The van der Waals surface area contributed by atoms with Gasteiger partial charge in [0.25, 0.3) is 0 Å². The Kier molecular flexibility index (Phi) is 4.05. The molecule has 0 aliphatic carbocycles. The van der Waals surface area contributed by atoms with Crippen LogP contribution in [0, 0.1) is 0 Å². The van der Waals surface area contributed by atoms with E-state index in [0.717, 1.165) is 11.5 Å². The number of halogens is 2. The Hall–Kier alpha value is 0.1000. The molecule has 2 N–H and O–H groups in total. The Balaban J connectivity index is 0.000000640. The molecule has 0 spiro atoms. The normalized spacial score (nSPS) is 8.67. The van der Waals surface area contributed by atoms with E-state index < -0.39 is 0 Å². The number of nitrogens with two attached hydrogens (primary N) is 1. The summed E-state index contributed by atoms with van der Waals surface area (Å²) >= 11 is 6.58. The van der Waals surface area contributed by atoms with E-state index in [9.17, 15) is 0 Å². The predicted molar refractivity (Wildman–Crippen MR) is 40.1 cm³/mol. The molecule has 0 unspecified atom stereocenters. The van der Waals surface area contributed by atoms with Crippen LogP contribution in [-0.4, -0.2) is 9.36 Å². The Morgan fingerprint density at radius 1 is 1.67 bits per heavy atom. The smallest absolute Gasteiger partial charge is 0.203 e. The van der Waals surface area contributed by atoms with Crippen molar-refractivity contribution in [2.24, 2.45) is 5.73 Å². The van der Waals surface area contributed by atoms with Crippen LogP contribution in [0.25, 0.3) is 0 Å². The molecule has 52 valence electrons. The van der Waals surface area contributed by atoms with Gasteiger partial charge in [-0.25, -0.2) is 4.98 Å². The van der Waals surface area contributed by atoms with E-state index in [-0.39, 0.29) is 12.4 Å². The van der Waals surface area contributed by atoms with Gasteiger partial charge in [0.2, 0.25) is 4.47 Å². The quantitative estimate of drug-likeness (QED) is 0.713. The van der Waals surface area contributed by atoms with Crippen molar-refractivity contribution < 1.29 is 0 Å². The van der Waals surface area contributed by atoms with Crippen molar-refractivity contribution in [3.8, 4) is 0 Å². The molecule has 0 atom stereocenters. The van der Waals surface area contributed by atoms with Gasteiger partial charge in [0.15, 0.2) is 5.82 Å². The zero-order chi connectivity index (χ0) is 5.98. The van der Waals surface area contributed by atoms with Crippen molar-refractivity contribution in [2.45, 2.75) is 6.54 Å². The van der Waals surface area contributed by atoms with Crippen LogP contribution < -0.4 is 5.73 Å². The Bertz CT molecular complexity index is 177.